The smallest absolute Gasteiger partial charge is 0.346 e. The average molecular weight is 749 g/mol. The van der Waals surface area contributed by atoms with Crippen LogP contribution in [0.5, 0.6) is 5.75 Å². The van der Waals surface area contributed by atoms with E-state index < -0.39 is 6.03 Å². The predicted octanol–water partition coefficient (Wildman–Crippen LogP) is 6.57. The molecule has 7 rings (SSSR count). The SMILES string of the molecule is COC1CCN(Cc2cccc([NH2+]C(/C=C(\N)C(C)(C)C)=N/C(=O)N[C@H]3CC[C@@H](Oc4ccc5nnc(N6CCCC[C@@H]6C)n5c4)c4ccccc43)c2)CC1. The summed E-state index contributed by atoms with van der Waals surface area (Å²) in [7, 11) is 1.80. The minimum absolute atomic E-state index is 0.170. The van der Waals surface area contributed by atoms with Gasteiger partial charge in [-0.2, -0.15) is 0 Å². The number of quaternary nitrogens is 1. The molecule has 3 aliphatic rings. The Balaban J connectivity index is 1.06. The zero-order valence-electron chi connectivity index (χ0n) is 33.1. The largest absolute Gasteiger partial charge is 0.484 e. The fourth-order valence-electron chi connectivity index (χ4n) is 8.00. The van der Waals surface area contributed by atoms with Crippen molar-refractivity contribution in [2.75, 3.05) is 31.6 Å². The van der Waals surface area contributed by atoms with Crippen LogP contribution in [0.2, 0.25) is 0 Å². The molecule has 0 saturated carbocycles. The number of carbonyl (C=O) groups is 1. The minimum atomic E-state index is -0.405. The molecule has 5 N–H and O–H groups in total. The first-order valence-corrected chi connectivity index (χ1v) is 20.0. The first-order valence-electron chi connectivity index (χ1n) is 20.0. The van der Waals surface area contributed by atoms with Gasteiger partial charge in [-0.25, -0.2) is 4.79 Å². The zero-order valence-corrected chi connectivity index (χ0v) is 33.1. The van der Waals surface area contributed by atoms with Gasteiger partial charge in [0.05, 0.1) is 18.3 Å². The zero-order chi connectivity index (χ0) is 38.5. The first kappa shape index (κ1) is 38.5. The molecule has 4 heterocycles. The van der Waals surface area contributed by atoms with Crippen molar-refractivity contribution in [1.29, 1.82) is 0 Å². The molecule has 2 fully saturated rings. The highest BCUT2D eigenvalue weighted by atomic mass is 16.5. The molecule has 0 unspecified atom stereocenters. The van der Waals surface area contributed by atoms with Crippen LogP contribution in [0, 0.1) is 5.41 Å². The molecule has 0 bridgehead atoms. The lowest BCUT2D eigenvalue weighted by atomic mass is 9.85. The summed E-state index contributed by atoms with van der Waals surface area (Å²) in [5.41, 5.74) is 12.0. The molecule has 4 aromatic rings. The molecule has 2 aliphatic heterocycles. The Morgan fingerprint density at radius 3 is 2.55 bits per heavy atom. The van der Waals surface area contributed by atoms with Crippen molar-refractivity contribution >= 4 is 29.1 Å². The number of aliphatic imine (C=N–C) groups is 1. The lowest BCUT2D eigenvalue weighted by Gasteiger charge is -2.33. The summed E-state index contributed by atoms with van der Waals surface area (Å²) in [5.74, 6) is 2.13. The number of nitrogens with zero attached hydrogens (tertiary/aromatic N) is 6. The highest BCUT2D eigenvalue weighted by Crippen LogP contribution is 2.39. The summed E-state index contributed by atoms with van der Waals surface area (Å²) < 4.78 is 14.3. The van der Waals surface area contributed by atoms with Gasteiger partial charge in [0.1, 0.15) is 17.5 Å². The number of hydrogen-bond acceptors (Lipinski definition) is 8. The number of urea groups is 1. The molecule has 2 aromatic carbocycles. The van der Waals surface area contributed by atoms with E-state index >= 15 is 0 Å². The molecule has 12 heteroatoms. The van der Waals surface area contributed by atoms with E-state index in [0.717, 1.165) is 92.4 Å². The van der Waals surface area contributed by atoms with E-state index in [1.165, 1.54) is 12.0 Å². The molecule has 0 radical (unpaired) electrons. The van der Waals surface area contributed by atoms with Gasteiger partial charge in [0.15, 0.2) is 5.65 Å². The summed E-state index contributed by atoms with van der Waals surface area (Å²) in [5, 5.41) is 14.1. The molecule has 0 spiro atoms. The summed E-state index contributed by atoms with van der Waals surface area (Å²) in [6, 6.07) is 20.4. The third kappa shape index (κ3) is 9.37. The van der Waals surface area contributed by atoms with Crippen molar-refractivity contribution in [2.24, 2.45) is 16.1 Å². The Bertz CT molecular complexity index is 2010. The van der Waals surface area contributed by atoms with E-state index in [1.54, 1.807) is 7.11 Å². The topological polar surface area (TPSA) is 139 Å². The van der Waals surface area contributed by atoms with E-state index in [9.17, 15) is 4.79 Å². The first-order chi connectivity index (χ1) is 26.5. The van der Waals surface area contributed by atoms with E-state index in [1.807, 2.05) is 52.3 Å². The number of fused-ring (bicyclic) bond motifs is 2. The molecule has 12 nitrogen and oxygen atoms in total. The Morgan fingerprint density at radius 1 is 0.982 bits per heavy atom. The molecule has 2 amide bonds. The van der Waals surface area contributed by atoms with Crippen LogP contribution >= 0.6 is 0 Å². The minimum Gasteiger partial charge on any atom is -0.484 e. The van der Waals surface area contributed by atoms with Crippen molar-refractivity contribution in [2.45, 2.75) is 103 Å². The Hall–Kier alpha value is -4.78. The van der Waals surface area contributed by atoms with Crippen LogP contribution in [0.4, 0.5) is 16.4 Å². The van der Waals surface area contributed by atoms with Crippen LogP contribution < -0.4 is 26.0 Å². The van der Waals surface area contributed by atoms with Gasteiger partial charge < -0.3 is 25.4 Å². The van der Waals surface area contributed by atoms with Crippen LogP contribution in [-0.2, 0) is 11.3 Å². The number of pyridine rings is 1. The summed E-state index contributed by atoms with van der Waals surface area (Å²) in [4.78, 5) is 23.1. The van der Waals surface area contributed by atoms with Crippen LogP contribution in [0.1, 0.15) is 101 Å². The molecular weight excluding hydrogens is 691 g/mol. The molecule has 3 atom stereocenters. The molecular formula is C43H58N9O3+. The van der Waals surface area contributed by atoms with Crippen LogP contribution in [0.15, 0.2) is 83.6 Å². The molecule has 1 aliphatic carbocycles. The normalized spacial score (nSPS) is 21.8. The number of anilines is 1. The fraction of sp³-hybridized carbons (Fsp3) is 0.488. The van der Waals surface area contributed by atoms with Crippen LogP contribution in [0.25, 0.3) is 5.65 Å². The van der Waals surface area contributed by atoms with E-state index in [2.05, 4.69) is 88.3 Å². The summed E-state index contributed by atoms with van der Waals surface area (Å²) in [6.07, 6.45) is 11.1. The number of amidine groups is 1. The van der Waals surface area contributed by atoms with E-state index in [0.29, 0.717) is 30.1 Å². The quantitative estimate of drug-likeness (QED) is 0.0994. The number of piperidine rings is 2. The number of rotatable bonds is 9. The van der Waals surface area contributed by atoms with Crippen molar-refractivity contribution in [3.8, 4) is 5.75 Å². The third-order valence-corrected chi connectivity index (χ3v) is 11.4. The number of benzene rings is 2. The van der Waals surface area contributed by atoms with Gasteiger partial charge in [-0.15, -0.1) is 15.2 Å². The van der Waals surface area contributed by atoms with Crippen molar-refractivity contribution < 1.29 is 19.6 Å². The number of amides is 2. The van der Waals surface area contributed by atoms with Crippen molar-refractivity contribution in [3.05, 3.63) is 95.3 Å². The molecule has 2 saturated heterocycles. The standard InChI is InChI=1S/C43H57N9O3/c1-29-11-8-9-22-51(29)42-49-48-40-19-16-33(28-52(40)42)55-37-18-17-36(34-14-6-7-15-35(34)37)46-41(53)47-39(26-38(44)43(2,3)4)45-31-13-10-12-30(25-31)27-50-23-20-32(54-5)21-24-50/h6-7,10,12-16,19,25-26,28-29,32,36-37H,8-9,11,17-18,20-24,27,44H2,1-5H3,(H2,45,46,47,53)/p+1/b38-26-/t29-,36-,37+/m0/s1. The number of aromatic nitrogens is 3. The highest BCUT2D eigenvalue weighted by molar-refractivity contribution is 5.96. The molecule has 55 heavy (non-hydrogen) atoms. The number of carbonyl (C=O) groups excluding carboxylic acids is 1. The van der Waals surface area contributed by atoms with Gasteiger partial charge >= 0.3 is 6.03 Å². The van der Waals surface area contributed by atoms with Gasteiger partial charge in [0.2, 0.25) is 11.8 Å². The van der Waals surface area contributed by atoms with Gasteiger partial charge in [0.25, 0.3) is 0 Å². The number of ether oxygens (including phenoxy) is 2. The second-order valence-electron chi connectivity index (χ2n) is 16.4. The number of methoxy groups -OCH3 is 1. The highest BCUT2D eigenvalue weighted by Gasteiger charge is 2.30. The van der Waals surface area contributed by atoms with E-state index in [-0.39, 0.29) is 17.6 Å². The van der Waals surface area contributed by atoms with Crippen molar-refractivity contribution in [3.63, 3.8) is 0 Å². The van der Waals surface area contributed by atoms with Gasteiger partial charge in [-0.05, 0) is 86.8 Å². The second kappa shape index (κ2) is 16.9. The Kier molecular flexibility index (Phi) is 11.8. The number of likely N-dealkylation sites (tertiary alicyclic amines) is 1. The lowest BCUT2D eigenvalue weighted by molar-refractivity contribution is -0.441. The number of nitrogens with two attached hydrogens (primary N) is 2. The maximum atomic E-state index is 13.7. The number of hydrogen-bond donors (Lipinski definition) is 3. The monoisotopic (exact) mass is 748 g/mol. The molecule has 292 valence electrons. The third-order valence-electron chi connectivity index (χ3n) is 11.4. The summed E-state index contributed by atoms with van der Waals surface area (Å²) >= 11 is 0. The maximum Gasteiger partial charge on any atom is 0.346 e. The van der Waals surface area contributed by atoms with Crippen LogP contribution in [-0.4, -0.2) is 70.3 Å². The van der Waals surface area contributed by atoms with Crippen molar-refractivity contribution in [1.82, 2.24) is 24.8 Å². The Labute approximate surface area is 325 Å². The second-order valence-corrected chi connectivity index (χ2v) is 16.4. The maximum absolute atomic E-state index is 13.7. The van der Waals surface area contributed by atoms with Crippen LogP contribution in [0.3, 0.4) is 0 Å². The van der Waals surface area contributed by atoms with Gasteiger partial charge in [-0.1, -0.05) is 57.2 Å². The molecule has 2 aromatic heterocycles. The Morgan fingerprint density at radius 2 is 1.78 bits per heavy atom. The van der Waals surface area contributed by atoms with E-state index in [4.69, 9.17) is 15.2 Å². The predicted molar refractivity (Wildman–Crippen MR) is 216 cm³/mol. The fourth-order valence-corrected chi connectivity index (χ4v) is 8.00. The summed E-state index contributed by atoms with van der Waals surface area (Å²) in [6.45, 7) is 12.3. The lowest BCUT2D eigenvalue weighted by Crippen LogP contribution is -2.82. The number of allylic oxidation sites excluding steroid dienone is 1. The average Bonchev–Trinajstić information content (AvgIpc) is 3.59. The van der Waals surface area contributed by atoms with Gasteiger partial charge in [0, 0.05) is 62.6 Å². The van der Waals surface area contributed by atoms with Gasteiger partial charge in [-0.3, -0.25) is 14.6 Å². The number of nitrogens with one attached hydrogen (secondary N) is 1.